The molecular formula is C14H18ClN3. The van der Waals surface area contributed by atoms with E-state index in [1.807, 2.05) is 11.0 Å². The van der Waals surface area contributed by atoms with E-state index in [0.717, 1.165) is 31.5 Å². The summed E-state index contributed by atoms with van der Waals surface area (Å²) >= 11 is 6.02. The Kier molecular flexibility index (Phi) is 5.54. The number of nitriles is 1. The van der Waals surface area contributed by atoms with Gasteiger partial charge >= 0.3 is 0 Å². The summed E-state index contributed by atoms with van der Waals surface area (Å²) in [4.78, 5) is 1.97. The number of unbranched alkanes of at least 4 members (excludes halogenated alkanes) is 2. The van der Waals surface area contributed by atoms with Crippen LogP contribution in [0.5, 0.6) is 0 Å². The molecule has 18 heavy (non-hydrogen) atoms. The fraction of sp³-hybridized carbons (Fsp3) is 0.357. The van der Waals surface area contributed by atoms with Gasteiger partial charge in [0.1, 0.15) is 6.07 Å². The first-order chi connectivity index (χ1) is 8.63. The summed E-state index contributed by atoms with van der Waals surface area (Å²) in [7, 11) is 0. The number of hydrogen-bond donors (Lipinski definition) is 1. The van der Waals surface area contributed by atoms with Gasteiger partial charge in [-0.05, 0) is 24.8 Å². The van der Waals surface area contributed by atoms with Crippen LogP contribution in [0.25, 0.3) is 0 Å². The predicted octanol–water partition coefficient (Wildman–Crippen LogP) is 3.93. The molecule has 1 aromatic rings. The lowest BCUT2D eigenvalue weighted by atomic mass is 10.1. The van der Waals surface area contributed by atoms with E-state index in [9.17, 15) is 0 Å². The summed E-state index contributed by atoms with van der Waals surface area (Å²) in [5.41, 5.74) is 7.70. The van der Waals surface area contributed by atoms with Crippen LogP contribution in [-0.4, -0.2) is 6.54 Å². The molecule has 1 rings (SSSR count). The van der Waals surface area contributed by atoms with Crippen LogP contribution >= 0.6 is 11.6 Å². The third-order valence-electron chi connectivity index (χ3n) is 2.77. The van der Waals surface area contributed by atoms with E-state index < -0.39 is 0 Å². The maximum atomic E-state index is 8.88. The fourth-order valence-electron chi connectivity index (χ4n) is 1.76. The smallest absolute Gasteiger partial charge is 0.101 e. The molecule has 4 heteroatoms. The molecule has 0 fully saturated rings. The van der Waals surface area contributed by atoms with Gasteiger partial charge in [0.05, 0.1) is 22.0 Å². The average molecular weight is 264 g/mol. The Bertz CT molecular complexity index is 463. The molecule has 0 spiro atoms. The zero-order valence-corrected chi connectivity index (χ0v) is 11.4. The number of nitrogens with two attached hydrogens (primary N) is 1. The summed E-state index contributed by atoms with van der Waals surface area (Å²) < 4.78 is 0. The quantitative estimate of drug-likeness (QED) is 0.625. The lowest BCUT2D eigenvalue weighted by Gasteiger charge is -2.22. The fourth-order valence-corrected chi connectivity index (χ4v) is 1.96. The van der Waals surface area contributed by atoms with E-state index in [2.05, 4.69) is 13.5 Å². The Morgan fingerprint density at radius 3 is 2.78 bits per heavy atom. The van der Waals surface area contributed by atoms with E-state index in [1.54, 1.807) is 18.3 Å². The predicted molar refractivity (Wildman–Crippen MR) is 77.6 cm³/mol. The molecule has 0 aromatic heterocycles. The summed E-state index contributed by atoms with van der Waals surface area (Å²) in [6, 6.07) is 5.35. The highest BCUT2D eigenvalue weighted by Crippen LogP contribution is 2.30. The van der Waals surface area contributed by atoms with Crippen LogP contribution in [0.2, 0.25) is 5.02 Å². The number of benzene rings is 1. The van der Waals surface area contributed by atoms with Crippen molar-refractivity contribution in [2.75, 3.05) is 17.2 Å². The summed E-state index contributed by atoms with van der Waals surface area (Å²) in [6.45, 7) is 6.80. The second-order valence-corrected chi connectivity index (χ2v) is 4.49. The monoisotopic (exact) mass is 263 g/mol. The molecule has 1 aromatic carbocycles. The van der Waals surface area contributed by atoms with Gasteiger partial charge in [0.15, 0.2) is 0 Å². The molecule has 0 aliphatic rings. The molecule has 3 nitrogen and oxygen atoms in total. The number of hydrogen-bond acceptors (Lipinski definition) is 3. The zero-order chi connectivity index (χ0) is 13.5. The molecule has 96 valence electrons. The van der Waals surface area contributed by atoms with Gasteiger partial charge in [0.2, 0.25) is 0 Å². The van der Waals surface area contributed by atoms with Crippen molar-refractivity contribution in [3.8, 4) is 6.07 Å². The van der Waals surface area contributed by atoms with Crippen molar-refractivity contribution in [3.05, 3.63) is 35.5 Å². The van der Waals surface area contributed by atoms with Crippen molar-refractivity contribution in [1.29, 1.82) is 5.26 Å². The molecule has 0 aliphatic heterocycles. The zero-order valence-electron chi connectivity index (χ0n) is 10.6. The highest BCUT2D eigenvalue weighted by Gasteiger charge is 2.10. The van der Waals surface area contributed by atoms with Gasteiger partial charge in [-0.3, -0.25) is 0 Å². The van der Waals surface area contributed by atoms with Gasteiger partial charge in [-0.25, -0.2) is 0 Å². The normalized spacial score (nSPS) is 9.83. The third kappa shape index (κ3) is 3.41. The lowest BCUT2D eigenvalue weighted by molar-refractivity contribution is 0.715. The average Bonchev–Trinajstić information content (AvgIpc) is 2.37. The number of halogens is 1. The highest BCUT2D eigenvalue weighted by atomic mass is 35.5. The molecule has 0 aliphatic carbocycles. The third-order valence-corrected chi connectivity index (χ3v) is 3.08. The Labute approximate surface area is 113 Å². The van der Waals surface area contributed by atoms with Gasteiger partial charge in [0.25, 0.3) is 0 Å². The van der Waals surface area contributed by atoms with Crippen molar-refractivity contribution in [3.63, 3.8) is 0 Å². The SMILES string of the molecule is C=CN(CCCCC)c1cc(Cl)c(C#N)cc1N. The number of anilines is 2. The van der Waals surface area contributed by atoms with E-state index in [4.69, 9.17) is 22.6 Å². The molecule has 0 heterocycles. The van der Waals surface area contributed by atoms with Gasteiger partial charge in [-0.15, -0.1) is 0 Å². The second-order valence-electron chi connectivity index (χ2n) is 4.09. The molecule has 2 N–H and O–H groups in total. The minimum atomic E-state index is 0.399. The van der Waals surface area contributed by atoms with Crippen molar-refractivity contribution in [1.82, 2.24) is 0 Å². The molecule has 0 radical (unpaired) electrons. The van der Waals surface area contributed by atoms with Crippen LogP contribution in [0.3, 0.4) is 0 Å². The standard InChI is InChI=1S/C14H18ClN3/c1-3-5-6-7-18(4-2)14-9-12(15)11(10-16)8-13(14)17/h4,8-9H,2-3,5-7,17H2,1H3. The summed E-state index contributed by atoms with van der Waals surface area (Å²) in [5.74, 6) is 0. The largest absolute Gasteiger partial charge is 0.397 e. The van der Waals surface area contributed by atoms with Gasteiger partial charge in [-0.1, -0.05) is 37.9 Å². The molecular weight excluding hydrogens is 246 g/mol. The molecule has 0 bridgehead atoms. The van der Waals surface area contributed by atoms with Crippen LogP contribution in [-0.2, 0) is 0 Å². The number of nitrogens with zero attached hydrogens (tertiary/aromatic N) is 2. The first-order valence-corrected chi connectivity index (χ1v) is 6.40. The van der Waals surface area contributed by atoms with Crippen LogP contribution in [0.1, 0.15) is 31.7 Å². The first kappa shape index (κ1) is 14.4. The molecule has 0 unspecified atom stereocenters. The van der Waals surface area contributed by atoms with Crippen LogP contribution in [0.4, 0.5) is 11.4 Å². The topological polar surface area (TPSA) is 53.0 Å². The second kappa shape index (κ2) is 6.93. The minimum absolute atomic E-state index is 0.399. The van der Waals surface area contributed by atoms with Gasteiger partial charge in [0, 0.05) is 6.54 Å². The van der Waals surface area contributed by atoms with Crippen molar-refractivity contribution >= 4 is 23.0 Å². The molecule has 0 amide bonds. The van der Waals surface area contributed by atoms with Crippen LogP contribution in [0, 0.1) is 11.3 Å². The Morgan fingerprint density at radius 1 is 1.50 bits per heavy atom. The Morgan fingerprint density at radius 2 is 2.22 bits per heavy atom. The Hall–Kier alpha value is -1.66. The van der Waals surface area contributed by atoms with E-state index >= 15 is 0 Å². The van der Waals surface area contributed by atoms with E-state index in [-0.39, 0.29) is 0 Å². The van der Waals surface area contributed by atoms with E-state index in [1.165, 1.54) is 0 Å². The van der Waals surface area contributed by atoms with Gasteiger partial charge < -0.3 is 10.6 Å². The molecule has 0 saturated carbocycles. The number of rotatable bonds is 6. The van der Waals surface area contributed by atoms with Crippen LogP contribution in [0.15, 0.2) is 24.9 Å². The highest BCUT2D eigenvalue weighted by molar-refractivity contribution is 6.32. The van der Waals surface area contributed by atoms with Crippen molar-refractivity contribution in [2.24, 2.45) is 0 Å². The van der Waals surface area contributed by atoms with Crippen molar-refractivity contribution < 1.29 is 0 Å². The summed E-state index contributed by atoms with van der Waals surface area (Å²) in [6.07, 6.45) is 5.13. The summed E-state index contributed by atoms with van der Waals surface area (Å²) in [5, 5.41) is 9.30. The lowest BCUT2D eigenvalue weighted by Crippen LogP contribution is -2.18. The van der Waals surface area contributed by atoms with E-state index in [0.29, 0.717) is 16.3 Å². The maximum absolute atomic E-state index is 8.88. The van der Waals surface area contributed by atoms with Crippen LogP contribution < -0.4 is 10.6 Å². The maximum Gasteiger partial charge on any atom is 0.101 e. The number of nitrogen functional groups attached to an aromatic ring is 1. The molecule has 0 saturated heterocycles. The first-order valence-electron chi connectivity index (χ1n) is 6.02. The van der Waals surface area contributed by atoms with Gasteiger partial charge in [-0.2, -0.15) is 5.26 Å². The van der Waals surface area contributed by atoms with Crippen molar-refractivity contribution in [2.45, 2.75) is 26.2 Å². The Balaban J connectivity index is 2.96. The molecule has 0 atom stereocenters. The minimum Gasteiger partial charge on any atom is -0.397 e.